The summed E-state index contributed by atoms with van der Waals surface area (Å²) in [6.45, 7) is -3.17. The number of aliphatic carboxylic acids is 1. The average Bonchev–Trinajstić information content (AvgIpc) is 2.54. The molecule has 0 bridgehead atoms. The number of aliphatic hydroxyl groups excluding tert-OH is 3. The van der Waals surface area contributed by atoms with Gasteiger partial charge >= 0.3 is 11.9 Å². The van der Waals surface area contributed by atoms with Crippen molar-refractivity contribution in [2.75, 3.05) is 53.2 Å². The fraction of sp³-hybridized carbons (Fsp3) is 0.833. The van der Waals surface area contributed by atoms with Gasteiger partial charge in [-0.1, -0.05) is 0 Å². The third-order valence-electron chi connectivity index (χ3n) is 2.26. The number of rotatable bonds is 15. The number of esters is 1. The summed E-state index contributed by atoms with van der Waals surface area (Å²) in [5.74, 6) is -1.91. The second-order valence-electron chi connectivity index (χ2n) is 4.13. The van der Waals surface area contributed by atoms with E-state index in [1.807, 2.05) is 0 Å². The first kappa shape index (κ1) is 21.7. The van der Waals surface area contributed by atoms with Crippen molar-refractivity contribution < 1.29 is 53.7 Å². The van der Waals surface area contributed by atoms with Gasteiger partial charge < -0.3 is 44.1 Å². The smallest absolute Gasteiger partial charge is 0.332 e. The fourth-order valence-corrected chi connectivity index (χ4v) is 1.09. The number of hydrogen-bond donors (Lipinski definition) is 4. The molecule has 0 aromatic carbocycles. The number of carbonyl (C=O) groups is 2. The first-order chi connectivity index (χ1) is 11.0. The highest BCUT2D eigenvalue weighted by Crippen LogP contribution is 1.95. The Morgan fingerprint density at radius 1 is 0.826 bits per heavy atom. The number of carbonyl (C=O) groups excluding carboxylic acids is 1. The summed E-state index contributed by atoms with van der Waals surface area (Å²) >= 11 is 0. The highest BCUT2D eigenvalue weighted by atomic mass is 16.7. The first-order valence-electron chi connectivity index (χ1n) is 6.62. The molecule has 0 saturated carbocycles. The molecule has 11 heteroatoms. The van der Waals surface area contributed by atoms with E-state index < -0.39 is 44.0 Å². The molecule has 0 amide bonds. The molecular weight excluding hydrogens is 320 g/mol. The first-order valence-corrected chi connectivity index (χ1v) is 6.62. The van der Waals surface area contributed by atoms with Crippen molar-refractivity contribution in [2.24, 2.45) is 0 Å². The van der Waals surface area contributed by atoms with Crippen molar-refractivity contribution in [2.45, 2.75) is 12.2 Å². The van der Waals surface area contributed by atoms with Crippen molar-refractivity contribution in [3.05, 3.63) is 0 Å². The van der Waals surface area contributed by atoms with Gasteiger partial charge in [0.05, 0.1) is 19.8 Å². The number of carboxylic acids is 1. The van der Waals surface area contributed by atoms with Gasteiger partial charge in [-0.15, -0.1) is 0 Å². The molecule has 23 heavy (non-hydrogen) atoms. The maximum atomic E-state index is 11.3. The van der Waals surface area contributed by atoms with Crippen LogP contribution in [0, 0.1) is 0 Å². The molecule has 0 heterocycles. The number of aliphatic hydroxyl groups is 3. The molecule has 1 unspecified atom stereocenters. The van der Waals surface area contributed by atoms with E-state index in [9.17, 15) is 9.59 Å². The minimum atomic E-state index is -1.16. The van der Waals surface area contributed by atoms with Gasteiger partial charge in [0, 0.05) is 0 Å². The lowest BCUT2D eigenvalue weighted by molar-refractivity contribution is -0.170. The summed E-state index contributed by atoms with van der Waals surface area (Å²) in [6.07, 6.45) is -1.65. The van der Waals surface area contributed by atoms with Crippen LogP contribution in [0.25, 0.3) is 0 Å². The molecule has 0 saturated heterocycles. The second-order valence-corrected chi connectivity index (χ2v) is 4.13. The van der Waals surface area contributed by atoms with Gasteiger partial charge in [0.1, 0.15) is 45.6 Å². The summed E-state index contributed by atoms with van der Waals surface area (Å²) in [5.41, 5.74) is 0. The molecule has 0 radical (unpaired) electrons. The van der Waals surface area contributed by atoms with Crippen LogP contribution in [-0.4, -0.2) is 97.8 Å². The van der Waals surface area contributed by atoms with E-state index in [0.717, 1.165) is 0 Å². The van der Waals surface area contributed by atoms with E-state index in [1.165, 1.54) is 0 Å². The summed E-state index contributed by atoms with van der Waals surface area (Å²) < 4.78 is 24.0. The summed E-state index contributed by atoms with van der Waals surface area (Å²) in [7, 11) is 0. The minimum absolute atomic E-state index is 0.272. The van der Waals surface area contributed by atoms with Crippen molar-refractivity contribution in [3.63, 3.8) is 0 Å². The highest BCUT2D eigenvalue weighted by molar-refractivity contribution is 5.70. The zero-order valence-corrected chi connectivity index (χ0v) is 12.5. The minimum Gasteiger partial charge on any atom is -0.480 e. The Morgan fingerprint density at radius 3 is 1.87 bits per heavy atom. The van der Waals surface area contributed by atoms with Gasteiger partial charge in [-0.3, -0.25) is 0 Å². The fourth-order valence-electron chi connectivity index (χ4n) is 1.09. The Hall–Kier alpha value is -1.34. The van der Waals surface area contributed by atoms with Crippen LogP contribution in [0.15, 0.2) is 0 Å². The average molecular weight is 342 g/mol. The van der Waals surface area contributed by atoms with E-state index in [2.05, 4.69) is 4.74 Å². The molecule has 4 N–H and O–H groups in total. The van der Waals surface area contributed by atoms with Crippen LogP contribution in [0.4, 0.5) is 0 Å². The Kier molecular flexibility index (Phi) is 13.4. The number of ether oxygens (including phenoxy) is 5. The van der Waals surface area contributed by atoms with Gasteiger partial charge in [0.15, 0.2) is 0 Å². The molecule has 11 nitrogen and oxygen atoms in total. The van der Waals surface area contributed by atoms with E-state index in [4.69, 9.17) is 39.4 Å². The molecule has 1 atom stereocenters. The maximum absolute atomic E-state index is 11.3. The van der Waals surface area contributed by atoms with E-state index >= 15 is 0 Å². The molecule has 136 valence electrons. The van der Waals surface area contributed by atoms with Gasteiger partial charge in [-0.25, -0.2) is 9.59 Å². The lowest BCUT2D eigenvalue weighted by Crippen LogP contribution is -2.29. The Balaban J connectivity index is 3.69. The molecule has 0 aliphatic carbocycles. The van der Waals surface area contributed by atoms with E-state index in [0.29, 0.717) is 0 Å². The van der Waals surface area contributed by atoms with Gasteiger partial charge in [-0.2, -0.15) is 0 Å². The predicted molar refractivity (Wildman–Crippen MR) is 71.2 cm³/mol. The maximum Gasteiger partial charge on any atom is 0.332 e. The third kappa shape index (κ3) is 12.9. The summed E-state index contributed by atoms with van der Waals surface area (Å²) in [6, 6.07) is 0. The van der Waals surface area contributed by atoms with Gasteiger partial charge in [0.2, 0.25) is 0 Å². The molecule has 0 rings (SSSR count). The summed E-state index contributed by atoms with van der Waals surface area (Å²) in [5, 5.41) is 34.7. The zero-order chi connectivity index (χ0) is 17.5. The molecule has 0 aromatic rings. The number of hydrogen-bond acceptors (Lipinski definition) is 10. The SMILES string of the molecule is O=C(O)COCOC(CO)COC(=O)COCOC(CO)CO. The molecule has 0 aliphatic rings. The van der Waals surface area contributed by atoms with Crippen LogP contribution in [0.1, 0.15) is 0 Å². The largest absolute Gasteiger partial charge is 0.480 e. The molecule has 0 spiro atoms. The highest BCUT2D eigenvalue weighted by Gasteiger charge is 2.13. The molecule has 0 fully saturated rings. The lowest BCUT2D eigenvalue weighted by Gasteiger charge is -2.15. The van der Waals surface area contributed by atoms with Crippen LogP contribution in [0.5, 0.6) is 0 Å². The van der Waals surface area contributed by atoms with Gasteiger partial charge in [0.25, 0.3) is 0 Å². The van der Waals surface area contributed by atoms with Crippen LogP contribution in [0.3, 0.4) is 0 Å². The van der Waals surface area contributed by atoms with Crippen LogP contribution >= 0.6 is 0 Å². The molecule has 0 aromatic heterocycles. The van der Waals surface area contributed by atoms with E-state index in [1.54, 1.807) is 0 Å². The normalized spacial score (nSPS) is 12.3. The Bertz CT molecular complexity index is 318. The summed E-state index contributed by atoms with van der Waals surface area (Å²) in [4.78, 5) is 21.5. The third-order valence-corrected chi connectivity index (χ3v) is 2.26. The second kappa shape index (κ2) is 14.3. The van der Waals surface area contributed by atoms with Crippen LogP contribution in [0.2, 0.25) is 0 Å². The van der Waals surface area contributed by atoms with Gasteiger partial charge in [-0.05, 0) is 0 Å². The number of carboxylic acid groups (broad SMARTS) is 1. The molecular formula is C12H22O11. The quantitative estimate of drug-likeness (QED) is 0.139. The Labute approximate surface area is 132 Å². The van der Waals surface area contributed by atoms with Crippen molar-refractivity contribution in [1.82, 2.24) is 0 Å². The topological polar surface area (TPSA) is 161 Å². The standard InChI is InChI=1S/C12H22O11/c13-1-9(2-14)22-8-20-6-12(18)21-4-10(3-15)23-7-19-5-11(16)17/h9-10,13-15H,1-8H2,(H,16,17). The van der Waals surface area contributed by atoms with E-state index in [-0.39, 0.29) is 33.4 Å². The predicted octanol–water partition coefficient (Wildman–Crippen LogP) is -2.69. The molecule has 0 aliphatic heterocycles. The van der Waals surface area contributed by atoms with Crippen molar-refractivity contribution >= 4 is 11.9 Å². The van der Waals surface area contributed by atoms with Crippen LogP contribution in [-0.2, 0) is 33.3 Å². The van der Waals surface area contributed by atoms with Crippen molar-refractivity contribution in [3.8, 4) is 0 Å². The lowest BCUT2D eigenvalue weighted by atomic mass is 10.4. The van der Waals surface area contributed by atoms with Crippen molar-refractivity contribution in [1.29, 1.82) is 0 Å². The monoisotopic (exact) mass is 342 g/mol. The Morgan fingerprint density at radius 2 is 1.35 bits per heavy atom. The zero-order valence-electron chi connectivity index (χ0n) is 12.5. The van der Waals surface area contributed by atoms with Crippen LogP contribution < -0.4 is 0 Å².